The summed E-state index contributed by atoms with van der Waals surface area (Å²) in [6, 6.07) is 0.784. The van der Waals surface area contributed by atoms with E-state index in [1.807, 2.05) is 0 Å². The van der Waals surface area contributed by atoms with E-state index in [1.165, 1.54) is 0 Å². The Hall–Kier alpha value is 0.180. The molecule has 140 valence electrons. The van der Waals surface area contributed by atoms with Crippen molar-refractivity contribution in [1.29, 1.82) is 0 Å². The van der Waals surface area contributed by atoms with E-state index in [4.69, 9.17) is 4.18 Å². The first-order valence-electron chi connectivity index (χ1n) is 8.63. The Kier molecular flexibility index (Phi) is 12.6. The first kappa shape index (κ1) is 23.2. The minimum absolute atomic E-state index is 0.189. The van der Waals surface area contributed by atoms with Crippen LogP contribution in [0.1, 0.15) is 54.4 Å². The molecule has 0 aromatic carbocycles. The zero-order chi connectivity index (χ0) is 17.9. The van der Waals surface area contributed by atoms with Gasteiger partial charge in [-0.2, -0.15) is 8.42 Å². The lowest BCUT2D eigenvalue weighted by atomic mass is 10.1. The van der Waals surface area contributed by atoms with E-state index in [1.54, 1.807) is 0 Å². The quantitative estimate of drug-likeness (QED) is 0.363. The summed E-state index contributed by atoms with van der Waals surface area (Å²) in [5.41, 5.74) is 0. The van der Waals surface area contributed by atoms with Crippen LogP contribution in [0.4, 0.5) is 0 Å². The zero-order valence-electron chi connectivity index (χ0n) is 15.6. The van der Waals surface area contributed by atoms with Crippen LogP contribution < -0.4 is 10.6 Å². The molecule has 0 aliphatic heterocycles. The molecule has 0 spiro atoms. The van der Waals surface area contributed by atoms with Crippen molar-refractivity contribution in [2.45, 2.75) is 66.5 Å². The molecule has 0 fully saturated rings. The van der Waals surface area contributed by atoms with Crippen molar-refractivity contribution in [1.82, 2.24) is 10.6 Å². The average molecular weight is 369 g/mol. The number of nitrogens with one attached hydrogen (secondary N) is 2. The van der Waals surface area contributed by atoms with Crippen molar-refractivity contribution in [2.24, 2.45) is 11.8 Å². The molecule has 0 rings (SSSR count). The van der Waals surface area contributed by atoms with Gasteiger partial charge in [0.15, 0.2) is 0 Å². The Morgan fingerprint density at radius 2 is 1.35 bits per heavy atom. The van der Waals surface area contributed by atoms with E-state index in [-0.39, 0.29) is 6.61 Å². The molecule has 0 saturated heterocycles. The molecule has 7 heteroatoms. The third-order valence-corrected chi connectivity index (χ3v) is 6.06. The van der Waals surface area contributed by atoms with Gasteiger partial charge < -0.3 is 10.6 Å². The molecule has 0 aliphatic rings. The Bertz CT molecular complexity index is 357. The van der Waals surface area contributed by atoms with Crippen LogP contribution >= 0.6 is 10.8 Å². The fourth-order valence-electron chi connectivity index (χ4n) is 2.51. The van der Waals surface area contributed by atoms with Gasteiger partial charge >= 0.3 is 9.15 Å². The standard InChI is InChI=1S/C16H36N2O3S2/c1-13(2)11-15(5)17-7-9-21-23(19,20)22-10-8-18-16(6)12-14(3)4/h13-18H,7-12H2,1-6H3/t15-,16-/m0/s1. The Labute approximate surface area is 147 Å². The Morgan fingerprint density at radius 1 is 0.870 bits per heavy atom. The lowest BCUT2D eigenvalue weighted by Gasteiger charge is -2.16. The van der Waals surface area contributed by atoms with Crippen molar-refractivity contribution >= 4 is 19.9 Å². The topological polar surface area (TPSA) is 67.4 Å². The molecule has 0 aromatic heterocycles. The van der Waals surface area contributed by atoms with E-state index in [0.717, 1.165) is 23.6 Å². The van der Waals surface area contributed by atoms with Crippen LogP contribution in [0.3, 0.4) is 0 Å². The number of hydrogen-bond acceptors (Lipinski definition) is 6. The molecule has 5 nitrogen and oxygen atoms in total. The number of hydrogen-bond donors (Lipinski definition) is 2. The maximum atomic E-state index is 11.8. The highest BCUT2D eigenvalue weighted by Gasteiger charge is 2.13. The molecule has 0 saturated carbocycles. The van der Waals surface area contributed by atoms with Gasteiger partial charge in [0.05, 0.1) is 6.61 Å². The largest absolute Gasteiger partial charge is 0.322 e. The van der Waals surface area contributed by atoms with Crippen LogP contribution in [-0.4, -0.2) is 46.0 Å². The molecule has 0 amide bonds. The third-order valence-electron chi connectivity index (χ3n) is 3.29. The molecule has 2 atom stereocenters. The molecule has 2 N–H and O–H groups in total. The predicted molar refractivity (Wildman–Crippen MR) is 101 cm³/mol. The molecule has 0 aromatic rings. The van der Waals surface area contributed by atoms with Crippen LogP contribution in [-0.2, 0) is 13.3 Å². The Balaban J connectivity index is 3.73. The molecule has 0 unspecified atom stereocenters. The van der Waals surface area contributed by atoms with Gasteiger partial charge in [-0.15, -0.1) is 0 Å². The summed E-state index contributed by atoms with van der Waals surface area (Å²) in [5, 5.41) is 6.61. The summed E-state index contributed by atoms with van der Waals surface area (Å²) in [6.45, 7) is 14.4. The lowest BCUT2D eigenvalue weighted by molar-refractivity contribution is 0.311. The van der Waals surface area contributed by atoms with Crippen molar-refractivity contribution in [2.75, 3.05) is 25.4 Å². The second-order valence-corrected chi connectivity index (χ2v) is 10.6. The van der Waals surface area contributed by atoms with Crippen LogP contribution in [0.25, 0.3) is 0 Å². The number of rotatable bonds is 14. The SMILES string of the molecule is CC(C)C[C@H](C)NCCOS(=O)(=O)SCCN[C@@H](C)CC(C)C. The summed E-state index contributed by atoms with van der Waals surface area (Å²) in [7, 11) is -2.62. The summed E-state index contributed by atoms with van der Waals surface area (Å²) in [6.07, 6.45) is 2.16. The van der Waals surface area contributed by atoms with Gasteiger partial charge in [-0.05, 0) is 49.3 Å². The van der Waals surface area contributed by atoms with Crippen LogP contribution in [0.5, 0.6) is 0 Å². The molecule has 0 aliphatic carbocycles. The highest BCUT2D eigenvalue weighted by Crippen LogP contribution is 2.13. The van der Waals surface area contributed by atoms with E-state index in [9.17, 15) is 8.42 Å². The van der Waals surface area contributed by atoms with Gasteiger partial charge in [0.1, 0.15) is 0 Å². The third kappa shape index (κ3) is 15.4. The minimum Gasteiger partial charge on any atom is -0.313 e. The summed E-state index contributed by atoms with van der Waals surface area (Å²) in [4.78, 5) is 0. The first-order chi connectivity index (χ1) is 10.6. The van der Waals surface area contributed by atoms with Gasteiger partial charge in [0.25, 0.3) is 0 Å². The molecule has 0 bridgehead atoms. The van der Waals surface area contributed by atoms with Crippen LogP contribution in [0.15, 0.2) is 0 Å². The van der Waals surface area contributed by atoms with Crippen molar-refractivity contribution in [3.63, 3.8) is 0 Å². The molecule has 0 heterocycles. The van der Waals surface area contributed by atoms with E-state index in [2.05, 4.69) is 52.2 Å². The maximum absolute atomic E-state index is 11.8. The van der Waals surface area contributed by atoms with Crippen molar-refractivity contribution in [3.05, 3.63) is 0 Å². The van der Waals surface area contributed by atoms with E-state index in [0.29, 0.717) is 42.8 Å². The van der Waals surface area contributed by atoms with Gasteiger partial charge in [-0.1, -0.05) is 27.7 Å². The smallest absolute Gasteiger partial charge is 0.313 e. The lowest BCUT2D eigenvalue weighted by Crippen LogP contribution is -2.31. The molecular formula is C16H36N2O3S2. The minimum atomic E-state index is -3.49. The molecular weight excluding hydrogens is 332 g/mol. The van der Waals surface area contributed by atoms with Crippen LogP contribution in [0.2, 0.25) is 0 Å². The fourth-order valence-corrected chi connectivity index (χ4v) is 4.54. The van der Waals surface area contributed by atoms with Gasteiger partial charge in [0.2, 0.25) is 0 Å². The van der Waals surface area contributed by atoms with Crippen LogP contribution in [0, 0.1) is 11.8 Å². The average Bonchev–Trinajstić information content (AvgIpc) is 2.38. The highest BCUT2D eigenvalue weighted by atomic mass is 33.1. The summed E-state index contributed by atoms with van der Waals surface area (Å²) >= 11 is 0. The van der Waals surface area contributed by atoms with Crippen molar-refractivity contribution < 1.29 is 12.6 Å². The van der Waals surface area contributed by atoms with Gasteiger partial charge in [-0.3, -0.25) is 4.18 Å². The van der Waals surface area contributed by atoms with E-state index >= 15 is 0 Å². The monoisotopic (exact) mass is 368 g/mol. The maximum Gasteiger partial charge on any atom is 0.322 e. The van der Waals surface area contributed by atoms with Crippen molar-refractivity contribution in [3.8, 4) is 0 Å². The molecule has 23 heavy (non-hydrogen) atoms. The highest BCUT2D eigenvalue weighted by molar-refractivity contribution is 8.70. The summed E-state index contributed by atoms with van der Waals surface area (Å²) in [5.74, 6) is 1.77. The van der Waals surface area contributed by atoms with E-state index < -0.39 is 9.15 Å². The zero-order valence-corrected chi connectivity index (χ0v) is 17.2. The second kappa shape index (κ2) is 12.5. The summed E-state index contributed by atoms with van der Waals surface area (Å²) < 4.78 is 28.5. The molecule has 0 radical (unpaired) electrons. The normalized spacial score (nSPS) is 15.3. The van der Waals surface area contributed by atoms with Gasteiger partial charge in [-0.25, -0.2) is 0 Å². The van der Waals surface area contributed by atoms with Gasteiger partial charge in [0, 0.05) is 30.9 Å². The predicted octanol–water partition coefficient (Wildman–Crippen LogP) is 3.03. The first-order valence-corrected chi connectivity index (χ1v) is 11.5. The fraction of sp³-hybridized carbons (Fsp3) is 1.00. The second-order valence-electron chi connectivity index (χ2n) is 7.02. The Morgan fingerprint density at radius 3 is 1.83 bits per heavy atom.